The average Bonchev–Trinajstić information content (AvgIpc) is 3.35. The van der Waals surface area contributed by atoms with Gasteiger partial charge in [0.05, 0.1) is 7.11 Å². The van der Waals surface area contributed by atoms with Crippen LogP contribution in [0.4, 0.5) is 11.4 Å². The average molecular weight is 378 g/mol. The van der Waals surface area contributed by atoms with Crippen molar-refractivity contribution >= 4 is 17.3 Å². The van der Waals surface area contributed by atoms with Crippen molar-refractivity contribution in [3.05, 3.63) is 53.9 Å². The first-order valence-corrected chi connectivity index (χ1v) is 9.21. The van der Waals surface area contributed by atoms with E-state index in [0.29, 0.717) is 11.7 Å². The van der Waals surface area contributed by atoms with E-state index >= 15 is 0 Å². The molecule has 1 N–H and O–H groups in total. The van der Waals surface area contributed by atoms with Crippen LogP contribution in [0.1, 0.15) is 31.3 Å². The Bertz CT molecular complexity index is 997. The monoisotopic (exact) mass is 378 g/mol. The molecule has 144 valence electrons. The third-order valence-corrected chi connectivity index (χ3v) is 4.90. The first-order valence-electron chi connectivity index (χ1n) is 9.21. The molecule has 7 nitrogen and oxygen atoms in total. The molecule has 1 aromatic heterocycles. The lowest BCUT2D eigenvalue weighted by Crippen LogP contribution is -2.25. The van der Waals surface area contributed by atoms with Crippen molar-refractivity contribution in [1.82, 2.24) is 10.1 Å². The number of nitrogens with one attached hydrogen (secondary N) is 1. The number of carbonyl (C=O) groups excluding carboxylic acids is 1. The van der Waals surface area contributed by atoms with E-state index in [9.17, 15) is 4.79 Å². The Morgan fingerprint density at radius 1 is 1.25 bits per heavy atom. The molecule has 3 aromatic rings. The third-order valence-electron chi connectivity index (χ3n) is 4.90. The van der Waals surface area contributed by atoms with Crippen molar-refractivity contribution < 1.29 is 14.1 Å². The second-order valence-corrected chi connectivity index (χ2v) is 6.81. The zero-order valence-corrected chi connectivity index (χ0v) is 16.1. The van der Waals surface area contributed by atoms with Crippen molar-refractivity contribution in [1.29, 1.82) is 0 Å². The molecule has 1 atom stereocenters. The largest absolute Gasteiger partial charge is 0.497 e. The first kappa shape index (κ1) is 18.0. The van der Waals surface area contributed by atoms with Gasteiger partial charge in [-0.2, -0.15) is 4.98 Å². The molecule has 0 saturated carbocycles. The quantitative estimate of drug-likeness (QED) is 0.727. The number of carbonyl (C=O) groups is 1. The minimum Gasteiger partial charge on any atom is -0.497 e. The maximum atomic E-state index is 11.7. The summed E-state index contributed by atoms with van der Waals surface area (Å²) in [7, 11) is 1.63. The Balaban J connectivity index is 1.48. The zero-order chi connectivity index (χ0) is 19.7. The first-order chi connectivity index (χ1) is 13.5. The fourth-order valence-electron chi connectivity index (χ4n) is 3.40. The molecule has 7 heteroatoms. The smallest absolute Gasteiger partial charge is 0.249 e. The van der Waals surface area contributed by atoms with E-state index in [-0.39, 0.29) is 11.9 Å². The van der Waals surface area contributed by atoms with Crippen molar-refractivity contribution in [3.63, 3.8) is 0 Å². The molecule has 1 aliphatic rings. The van der Waals surface area contributed by atoms with E-state index in [1.165, 1.54) is 0 Å². The topological polar surface area (TPSA) is 80.5 Å². The van der Waals surface area contributed by atoms with Crippen LogP contribution >= 0.6 is 0 Å². The van der Waals surface area contributed by atoms with E-state index < -0.39 is 0 Å². The Kier molecular flexibility index (Phi) is 4.73. The molecule has 0 bridgehead atoms. The normalized spacial score (nSPS) is 13.9. The Morgan fingerprint density at radius 2 is 2.04 bits per heavy atom. The van der Waals surface area contributed by atoms with Crippen LogP contribution in [0.15, 0.2) is 47.0 Å². The van der Waals surface area contributed by atoms with Gasteiger partial charge in [0, 0.05) is 30.4 Å². The highest BCUT2D eigenvalue weighted by molar-refractivity contribution is 5.94. The number of rotatable bonds is 5. The van der Waals surface area contributed by atoms with Gasteiger partial charge in [-0.3, -0.25) is 4.79 Å². The van der Waals surface area contributed by atoms with Gasteiger partial charge in [-0.15, -0.1) is 0 Å². The summed E-state index contributed by atoms with van der Waals surface area (Å²) in [6.45, 7) is 4.30. The second-order valence-electron chi connectivity index (χ2n) is 6.81. The minimum atomic E-state index is -0.150. The minimum absolute atomic E-state index is 0.0738. The van der Waals surface area contributed by atoms with Crippen LogP contribution in [0.5, 0.6) is 5.75 Å². The van der Waals surface area contributed by atoms with Gasteiger partial charge in [-0.25, -0.2) is 0 Å². The van der Waals surface area contributed by atoms with Crippen LogP contribution in [0.3, 0.4) is 0 Å². The number of nitrogens with zero attached hydrogens (tertiary/aromatic N) is 3. The number of benzene rings is 2. The Labute approximate surface area is 163 Å². The van der Waals surface area contributed by atoms with E-state index in [1.54, 1.807) is 14.0 Å². The highest BCUT2D eigenvalue weighted by Gasteiger charge is 2.23. The standard InChI is InChI=1S/C21H22N4O3/c1-13(21-23-20(24-28-21)15-4-7-18(27-3)8-5-15)22-17-6-9-19-16(12-17)10-11-25(19)14(2)26/h4-9,12-13,22H,10-11H2,1-3H3. The fourth-order valence-corrected chi connectivity index (χ4v) is 3.40. The molecule has 0 spiro atoms. The number of methoxy groups -OCH3 is 1. The van der Waals surface area contributed by atoms with Crippen LogP contribution in [0.2, 0.25) is 0 Å². The summed E-state index contributed by atoms with van der Waals surface area (Å²) >= 11 is 0. The Morgan fingerprint density at radius 3 is 2.75 bits per heavy atom. The summed E-state index contributed by atoms with van der Waals surface area (Å²) in [6, 6.07) is 13.4. The summed E-state index contributed by atoms with van der Waals surface area (Å²) < 4.78 is 10.6. The fraction of sp³-hybridized carbons (Fsp3) is 0.286. The molecule has 1 unspecified atom stereocenters. The number of ether oxygens (including phenoxy) is 1. The molecule has 4 rings (SSSR count). The molecule has 0 radical (unpaired) electrons. The number of anilines is 2. The van der Waals surface area contributed by atoms with Gasteiger partial charge >= 0.3 is 0 Å². The number of hydrogen-bond acceptors (Lipinski definition) is 6. The van der Waals surface area contributed by atoms with Gasteiger partial charge in [-0.1, -0.05) is 5.16 Å². The maximum absolute atomic E-state index is 11.7. The molecule has 2 aromatic carbocycles. The van der Waals surface area contributed by atoms with Crippen molar-refractivity contribution in [2.45, 2.75) is 26.3 Å². The molecule has 2 heterocycles. The lowest BCUT2D eigenvalue weighted by molar-refractivity contribution is -0.116. The van der Waals surface area contributed by atoms with Crippen LogP contribution in [-0.2, 0) is 11.2 Å². The number of aromatic nitrogens is 2. The third kappa shape index (κ3) is 3.43. The van der Waals surface area contributed by atoms with Crippen molar-refractivity contribution in [2.75, 3.05) is 23.9 Å². The number of hydrogen-bond donors (Lipinski definition) is 1. The second kappa shape index (κ2) is 7.34. The van der Waals surface area contributed by atoms with E-state index in [1.807, 2.05) is 48.2 Å². The molecule has 1 aliphatic heterocycles. The molecular formula is C21H22N4O3. The molecule has 0 saturated heterocycles. The molecule has 28 heavy (non-hydrogen) atoms. The lowest BCUT2D eigenvalue weighted by atomic mass is 10.1. The molecule has 0 fully saturated rings. The van der Waals surface area contributed by atoms with Crippen LogP contribution in [0, 0.1) is 0 Å². The summed E-state index contributed by atoms with van der Waals surface area (Å²) in [5.41, 5.74) is 3.98. The van der Waals surface area contributed by atoms with Crippen LogP contribution < -0.4 is 15.0 Å². The van der Waals surface area contributed by atoms with E-state index in [2.05, 4.69) is 21.5 Å². The van der Waals surface area contributed by atoms with E-state index in [0.717, 1.165) is 41.2 Å². The summed E-state index contributed by atoms with van der Waals surface area (Å²) in [5.74, 6) is 1.90. The van der Waals surface area contributed by atoms with Gasteiger partial charge in [0.1, 0.15) is 11.8 Å². The number of fused-ring (bicyclic) bond motifs is 1. The summed E-state index contributed by atoms with van der Waals surface area (Å²) in [5, 5.41) is 7.48. The van der Waals surface area contributed by atoms with Crippen molar-refractivity contribution in [3.8, 4) is 17.1 Å². The SMILES string of the molecule is COc1ccc(-c2noc(C(C)Nc3ccc4c(c3)CCN4C(C)=O)n2)cc1. The van der Waals surface area contributed by atoms with Crippen LogP contribution in [-0.4, -0.2) is 29.7 Å². The van der Waals surface area contributed by atoms with Crippen molar-refractivity contribution in [2.24, 2.45) is 0 Å². The predicted octanol–water partition coefficient (Wildman–Crippen LogP) is 3.83. The van der Waals surface area contributed by atoms with Gasteiger partial charge in [0.2, 0.25) is 17.6 Å². The number of amides is 1. The Hall–Kier alpha value is -3.35. The van der Waals surface area contributed by atoms with Gasteiger partial charge in [0.15, 0.2) is 0 Å². The molecular weight excluding hydrogens is 356 g/mol. The van der Waals surface area contributed by atoms with Gasteiger partial charge in [0.25, 0.3) is 0 Å². The molecule has 0 aliphatic carbocycles. The highest BCUT2D eigenvalue weighted by Crippen LogP contribution is 2.32. The lowest BCUT2D eigenvalue weighted by Gasteiger charge is -2.16. The summed E-state index contributed by atoms with van der Waals surface area (Å²) in [6.07, 6.45) is 0.862. The highest BCUT2D eigenvalue weighted by atomic mass is 16.5. The zero-order valence-electron chi connectivity index (χ0n) is 16.1. The van der Waals surface area contributed by atoms with Gasteiger partial charge in [-0.05, 0) is 61.4 Å². The summed E-state index contributed by atoms with van der Waals surface area (Å²) in [4.78, 5) is 18.0. The van der Waals surface area contributed by atoms with Gasteiger partial charge < -0.3 is 19.5 Å². The maximum Gasteiger partial charge on any atom is 0.249 e. The van der Waals surface area contributed by atoms with E-state index in [4.69, 9.17) is 9.26 Å². The molecule has 1 amide bonds. The predicted molar refractivity (Wildman–Crippen MR) is 106 cm³/mol. The van der Waals surface area contributed by atoms with Crippen LogP contribution in [0.25, 0.3) is 11.4 Å².